The molecule has 11 heavy (non-hydrogen) atoms. The van der Waals surface area contributed by atoms with Crippen molar-refractivity contribution in [2.24, 2.45) is 0 Å². The van der Waals surface area contributed by atoms with E-state index in [-0.39, 0.29) is 5.97 Å². The topological polar surface area (TPSA) is 59.3 Å². The summed E-state index contributed by atoms with van der Waals surface area (Å²) >= 11 is 0. The molecule has 60 valence electrons. The van der Waals surface area contributed by atoms with Crippen LogP contribution in [0.4, 0.5) is 0 Å². The Morgan fingerprint density at radius 1 is 1.73 bits per heavy atom. The van der Waals surface area contributed by atoms with E-state index >= 15 is 0 Å². The van der Waals surface area contributed by atoms with Gasteiger partial charge < -0.3 is 9.47 Å². The van der Waals surface area contributed by atoms with E-state index in [4.69, 9.17) is 10.00 Å². The van der Waals surface area contributed by atoms with Crippen LogP contribution in [0.3, 0.4) is 0 Å². The molecule has 1 aliphatic heterocycles. The highest BCUT2D eigenvalue weighted by atomic mass is 16.6. The van der Waals surface area contributed by atoms with E-state index in [1.807, 2.05) is 6.07 Å². The molecule has 0 saturated carbocycles. The van der Waals surface area contributed by atoms with Crippen LogP contribution in [-0.2, 0) is 14.3 Å². The zero-order chi connectivity index (χ0) is 8.27. The van der Waals surface area contributed by atoms with E-state index in [1.54, 1.807) is 0 Å². The summed E-state index contributed by atoms with van der Waals surface area (Å²) in [7, 11) is 1.31. The van der Waals surface area contributed by atoms with Gasteiger partial charge in [0.15, 0.2) is 6.10 Å². The van der Waals surface area contributed by atoms with Gasteiger partial charge in [0, 0.05) is 0 Å². The van der Waals surface area contributed by atoms with Gasteiger partial charge in [0.05, 0.1) is 13.2 Å². The Morgan fingerprint density at radius 2 is 2.45 bits per heavy atom. The molecule has 0 radical (unpaired) electrons. The number of hydrogen-bond donors (Lipinski definition) is 0. The predicted molar refractivity (Wildman–Crippen MR) is 35.5 cm³/mol. The van der Waals surface area contributed by atoms with E-state index in [9.17, 15) is 4.79 Å². The van der Waals surface area contributed by atoms with Crippen LogP contribution in [0.1, 0.15) is 12.8 Å². The molecule has 1 rings (SSSR count). The Labute approximate surface area is 64.7 Å². The van der Waals surface area contributed by atoms with Gasteiger partial charge >= 0.3 is 5.97 Å². The van der Waals surface area contributed by atoms with Gasteiger partial charge in [-0.2, -0.15) is 5.26 Å². The van der Waals surface area contributed by atoms with Crippen LogP contribution in [-0.4, -0.2) is 25.3 Å². The molecule has 1 fully saturated rings. The third-order valence-corrected chi connectivity index (χ3v) is 1.63. The number of carbonyl (C=O) groups excluding carboxylic acids is 1. The average Bonchev–Trinajstić information content (AvgIpc) is 2.50. The van der Waals surface area contributed by atoms with Crippen molar-refractivity contribution in [3.63, 3.8) is 0 Å². The molecular weight excluding hydrogens is 146 g/mol. The fourth-order valence-corrected chi connectivity index (χ4v) is 1.04. The molecule has 0 aromatic carbocycles. The fourth-order valence-electron chi connectivity index (χ4n) is 1.04. The molecule has 2 unspecified atom stereocenters. The summed E-state index contributed by atoms with van der Waals surface area (Å²) in [5.74, 6) is -0.386. The van der Waals surface area contributed by atoms with Crippen molar-refractivity contribution in [3.8, 4) is 6.07 Å². The highest BCUT2D eigenvalue weighted by molar-refractivity contribution is 5.74. The Balaban J connectivity index is 2.43. The molecule has 0 aromatic rings. The maximum atomic E-state index is 10.8. The highest BCUT2D eigenvalue weighted by Gasteiger charge is 2.30. The van der Waals surface area contributed by atoms with Crippen molar-refractivity contribution in [1.29, 1.82) is 5.26 Å². The summed E-state index contributed by atoms with van der Waals surface area (Å²) in [6, 6.07) is 1.94. The first kappa shape index (κ1) is 8.02. The Hall–Kier alpha value is -1.08. The van der Waals surface area contributed by atoms with Crippen molar-refractivity contribution in [2.75, 3.05) is 7.11 Å². The summed E-state index contributed by atoms with van der Waals surface area (Å²) in [6.45, 7) is 0. The molecule has 4 heteroatoms. The second kappa shape index (κ2) is 3.35. The largest absolute Gasteiger partial charge is 0.467 e. The molecule has 0 spiro atoms. The van der Waals surface area contributed by atoms with Crippen molar-refractivity contribution in [3.05, 3.63) is 0 Å². The Morgan fingerprint density at radius 3 is 2.91 bits per heavy atom. The maximum absolute atomic E-state index is 10.8. The summed E-state index contributed by atoms with van der Waals surface area (Å²) < 4.78 is 9.48. The third kappa shape index (κ3) is 1.69. The number of methoxy groups -OCH3 is 1. The van der Waals surface area contributed by atoms with Gasteiger partial charge in [-0.15, -0.1) is 0 Å². The monoisotopic (exact) mass is 155 g/mol. The van der Waals surface area contributed by atoms with Crippen LogP contribution in [0.5, 0.6) is 0 Å². The molecule has 2 atom stereocenters. The van der Waals surface area contributed by atoms with Gasteiger partial charge in [-0.05, 0) is 12.8 Å². The molecule has 1 heterocycles. The zero-order valence-electron chi connectivity index (χ0n) is 6.24. The maximum Gasteiger partial charge on any atom is 0.335 e. The van der Waals surface area contributed by atoms with Crippen LogP contribution >= 0.6 is 0 Å². The average molecular weight is 155 g/mol. The minimum Gasteiger partial charge on any atom is -0.467 e. The lowest BCUT2D eigenvalue weighted by Gasteiger charge is -2.05. The van der Waals surface area contributed by atoms with E-state index in [1.165, 1.54) is 7.11 Å². The number of rotatable bonds is 1. The zero-order valence-corrected chi connectivity index (χ0v) is 6.24. The van der Waals surface area contributed by atoms with Gasteiger partial charge in [0.1, 0.15) is 6.10 Å². The summed E-state index contributed by atoms with van der Waals surface area (Å²) in [4.78, 5) is 10.8. The molecule has 4 nitrogen and oxygen atoms in total. The SMILES string of the molecule is COC(=O)C1CCC(C#N)O1. The normalized spacial score (nSPS) is 29.5. The van der Waals surface area contributed by atoms with Crippen molar-refractivity contribution in [2.45, 2.75) is 25.0 Å². The first-order chi connectivity index (χ1) is 5.27. The van der Waals surface area contributed by atoms with Crippen molar-refractivity contribution >= 4 is 5.97 Å². The number of carbonyl (C=O) groups is 1. The Kier molecular flexibility index (Phi) is 2.44. The molecule has 1 saturated heterocycles. The Bertz CT molecular complexity index is 196. The standard InChI is InChI=1S/C7H9NO3/c1-10-7(9)6-3-2-5(4-8)11-6/h5-6H,2-3H2,1H3. The highest BCUT2D eigenvalue weighted by Crippen LogP contribution is 2.19. The number of nitrogens with zero attached hydrogens (tertiary/aromatic N) is 1. The molecule has 0 N–H and O–H groups in total. The van der Waals surface area contributed by atoms with E-state index in [0.29, 0.717) is 12.8 Å². The fraction of sp³-hybridized carbons (Fsp3) is 0.714. The van der Waals surface area contributed by atoms with Crippen LogP contribution in [0.25, 0.3) is 0 Å². The molecule has 0 bridgehead atoms. The van der Waals surface area contributed by atoms with Gasteiger partial charge in [0.25, 0.3) is 0 Å². The second-order valence-corrected chi connectivity index (χ2v) is 2.34. The van der Waals surface area contributed by atoms with Crippen molar-refractivity contribution < 1.29 is 14.3 Å². The molecular formula is C7H9NO3. The number of ether oxygens (including phenoxy) is 2. The van der Waals surface area contributed by atoms with Crippen molar-refractivity contribution in [1.82, 2.24) is 0 Å². The van der Waals surface area contributed by atoms with Gasteiger partial charge in [-0.25, -0.2) is 4.79 Å². The first-order valence-corrected chi connectivity index (χ1v) is 3.41. The lowest BCUT2D eigenvalue weighted by Crippen LogP contribution is -2.22. The predicted octanol–water partition coefficient (Wildman–Crippen LogP) is 0.231. The molecule has 0 amide bonds. The number of nitriles is 1. The lowest BCUT2D eigenvalue weighted by molar-refractivity contribution is -0.152. The third-order valence-electron chi connectivity index (χ3n) is 1.63. The quantitative estimate of drug-likeness (QED) is 0.508. The minimum absolute atomic E-state index is 0.386. The van der Waals surface area contributed by atoms with Crippen LogP contribution < -0.4 is 0 Å². The number of hydrogen-bond acceptors (Lipinski definition) is 4. The summed E-state index contributed by atoms with van der Waals surface area (Å²) in [6.07, 6.45) is 0.255. The summed E-state index contributed by atoms with van der Waals surface area (Å²) in [5, 5.41) is 8.41. The van der Waals surface area contributed by atoms with Gasteiger partial charge in [-0.3, -0.25) is 0 Å². The van der Waals surface area contributed by atoms with Gasteiger partial charge in [-0.1, -0.05) is 0 Å². The van der Waals surface area contributed by atoms with E-state index in [2.05, 4.69) is 4.74 Å². The summed E-state index contributed by atoms with van der Waals surface area (Å²) in [5.41, 5.74) is 0. The van der Waals surface area contributed by atoms with E-state index < -0.39 is 12.2 Å². The van der Waals surface area contributed by atoms with E-state index in [0.717, 1.165) is 0 Å². The molecule has 0 aromatic heterocycles. The number of esters is 1. The first-order valence-electron chi connectivity index (χ1n) is 3.41. The van der Waals surface area contributed by atoms with Crippen LogP contribution in [0.2, 0.25) is 0 Å². The lowest BCUT2D eigenvalue weighted by atomic mass is 10.2. The minimum atomic E-state index is -0.523. The smallest absolute Gasteiger partial charge is 0.335 e. The van der Waals surface area contributed by atoms with Gasteiger partial charge in [0.2, 0.25) is 0 Å². The van der Waals surface area contributed by atoms with Crippen LogP contribution in [0, 0.1) is 11.3 Å². The van der Waals surface area contributed by atoms with Crippen LogP contribution in [0.15, 0.2) is 0 Å². The molecule has 1 aliphatic rings. The second-order valence-electron chi connectivity index (χ2n) is 2.34. The molecule has 0 aliphatic carbocycles.